The highest BCUT2D eigenvalue weighted by molar-refractivity contribution is 6.10. The summed E-state index contributed by atoms with van der Waals surface area (Å²) >= 11 is 0. The van der Waals surface area contributed by atoms with Crippen LogP contribution in [0.5, 0.6) is 23.0 Å². The molecule has 0 radical (unpaired) electrons. The average Bonchev–Trinajstić information content (AvgIpc) is 2.68. The molecule has 3 aromatic rings. The van der Waals surface area contributed by atoms with E-state index in [1.807, 2.05) is 30.3 Å². The zero-order valence-electron chi connectivity index (χ0n) is 14.1. The molecule has 0 aromatic heterocycles. The molecular formula is C21H18O4. The Morgan fingerprint density at radius 2 is 1.36 bits per heavy atom. The zero-order chi connectivity index (χ0) is 17.6. The molecule has 0 aliphatic carbocycles. The van der Waals surface area contributed by atoms with Crippen molar-refractivity contribution in [1.82, 2.24) is 0 Å². The van der Waals surface area contributed by atoms with Gasteiger partial charge in [-0.25, -0.2) is 0 Å². The van der Waals surface area contributed by atoms with Gasteiger partial charge in [0.15, 0.2) is 5.78 Å². The first-order chi connectivity index (χ1) is 12.2. The SMILES string of the molecule is COc1ccc(C(=O)c2ccc(Oc3ccccc3)cc2)c(OC)c1. The van der Waals surface area contributed by atoms with Crippen molar-refractivity contribution in [3.8, 4) is 23.0 Å². The van der Waals surface area contributed by atoms with Crippen molar-refractivity contribution in [2.75, 3.05) is 14.2 Å². The van der Waals surface area contributed by atoms with Crippen LogP contribution in [0, 0.1) is 0 Å². The maximum atomic E-state index is 12.7. The van der Waals surface area contributed by atoms with Crippen molar-refractivity contribution >= 4 is 5.78 Å². The van der Waals surface area contributed by atoms with Crippen molar-refractivity contribution in [2.24, 2.45) is 0 Å². The molecule has 0 N–H and O–H groups in total. The van der Waals surface area contributed by atoms with E-state index in [9.17, 15) is 4.79 Å². The number of para-hydroxylation sites is 1. The Hall–Kier alpha value is -3.27. The van der Waals surface area contributed by atoms with E-state index in [2.05, 4.69) is 0 Å². The molecular weight excluding hydrogens is 316 g/mol. The summed E-state index contributed by atoms with van der Waals surface area (Å²) in [5, 5.41) is 0. The van der Waals surface area contributed by atoms with Crippen LogP contribution in [0.4, 0.5) is 0 Å². The second kappa shape index (κ2) is 7.53. The molecule has 0 heterocycles. The van der Waals surface area contributed by atoms with E-state index in [1.165, 1.54) is 7.11 Å². The summed E-state index contributed by atoms with van der Waals surface area (Å²) in [6, 6.07) is 21.7. The smallest absolute Gasteiger partial charge is 0.196 e. The molecule has 0 bridgehead atoms. The summed E-state index contributed by atoms with van der Waals surface area (Å²) in [5.41, 5.74) is 1.05. The first-order valence-corrected chi connectivity index (χ1v) is 7.81. The van der Waals surface area contributed by atoms with Crippen LogP contribution in [-0.2, 0) is 0 Å². The van der Waals surface area contributed by atoms with Crippen molar-refractivity contribution in [3.05, 3.63) is 83.9 Å². The lowest BCUT2D eigenvalue weighted by Crippen LogP contribution is -2.04. The van der Waals surface area contributed by atoms with E-state index in [4.69, 9.17) is 14.2 Å². The Labute approximate surface area is 146 Å². The number of ether oxygens (including phenoxy) is 3. The molecule has 0 amide bonds. The van der Waals surface area contributed by atoms with Crippen molar-refractivity contribution in [3.63, 3.8) is 0 Å². The topological polar surface area (TPSA) is 44.8 Å². The summed E-state index contributed by atoms with van der Waals surface area (Å²) in [5.74, 6) is 2.42. The van der Waals surface area contributed by atoms with E-state index in [-0.39, 0.29) is 5.78 Å². The lowest BCUT2D eigenvalue weighted by atomic mass is 10.0. The van der Waals surface area contributed by atoms with Gasteiger partial charge in [0.25, 0.3) is 0 Å². The normalized spacial score (nSPS) is 10.2. The fraction of sp³-hybridized carbons (Fsp3) is 0.0952. The monoisotopic (exact) mass is 334 g/mol. The second-order valence-electron chi connectivity index (χ2n) is 5.33. The third-order valence-electron chi connectivity index (χ3n) is 3.75. The summed E-state index contributed by atoms with van der Waals surface area (Å²) < 4.78 is 16.2. The minimum Gasteiger partial charge on any atom is -0.497 e. The van der Waals surface area contributed by atoms with Crippen LogP contribution in [0.15, 0.2) is 72.8 Å². The molecule has 3 aromatic carbocycles. The number of methoxy groups -OCH3 is 2. The summed E-state index contributed by atoms with van der Waals surface area (Å²) in [6.07, 6.45) is 0. The minimum atomic E-state index is -0.120. The van der Waals surface area contributed by atoms with Gasteiger partial charge in [-0.15, -0.1) is 0 Å². The van der Waals surface area contributed by atoms with E-state index in [0.717, 1.165) is 5.75 Å². The van der Waals surface area contributed by atoms with Crippen LogP contribution in [0.2, 0.25) is 0 Å². The number of hydrogen-bond acceptors (Lipinski definition) is 4. The molecule has 126 valence electrons. The van der Waals surface area contributed by atoms with Gasteiger partial charge in [0.05, 0.1) is 19.8 Å². The van der Waals surface area contributed by atoms with Gasteiger partial charge in [-0.05, 0) is 48.5 Å². The predicted octanol–water partition coefficient (Wildman–Crippen LogP) is 4.73. The van der Waals surface area contributed by atoms with E-state index in [1.54, 1.807) is 49.6 Å². The number of carbonyl (C=O) groups excluding carboxylic acids is 1. The highest BCUT2D eigenvalue weighted by atomic mass is 16.5. The molecule has 0 fully saturated rings. The molecule has 0 aliphatic rings. The van der Waals surface area contributed by atoms with Crippen LogP contribution in [-0.4, -0.2) is 20.0 Å². The minimum absolute atomic E-state index is 0.120. The lowest BCUT2D eigenvalue weighted by Gasteiger charge is -2.10. The maximum absolute atomic E-state index is 12.7. The Morgan fingerprint density at radius 3 is 2.00 bits per heavy atom. The Bertz CT molecular complexity index is 855. The van der Waals surface area contributed by atoms with Gasteiger partial charge in [-0.1, -0.05) is 18.2 Å². The van der Waals surface area contributed by atoms with E-state index >= 15 is 0 Å². The third-order valence-corrected chi connectivity index (χ3v) is 3.75. The first kappa shape index (κ1) is 16.6. The van der Waals surface area contributed by atoms with Crippen LogP contribution in [0.3, 0.4) is 0 Å². The third kappa shape index (κ3) is 3.80. The van der Waals surface area contributed by atoms with Gasteiger partial charge in [0.2, 0.25) is 0 Å². The molecule has 3 rings (SSSR count). The molecule has 0 atom stereocenters. The molecule has 0 spiro atoms. The van der Waals surface area contributed by atoms with E-state index in [0.29, 0.717) is 28.4 Å². The number of rotatable bonds is 6. The summed E-state index contributed by atoms with van der Waals surface area (Å²) in [4.78, 5) is 12.7. The van der Waals surface area contributed by atoms with Gasteiger partial charge in [0, 0.05) is 11.6 Å². The van der Waals surface area contributed by atoms with Crippen molar-refractivity contribution < 1.29 is 19.0 Å². The van der Waals surface area contributed by atoms with Gasteiger partial charge >= 0.3 is 0 Å². The quantitative estimate of drug-likeness (QED) is 0.612. The van der Waals surface area contributed by atoms with Crippen molar-refractivity contribution in [1.29, 1.82) is 0 Å². The lowest BCUT2D eigenvalue weighted by molar-refractivity contribution is 0.103. The first-order valence-electron chi connectivity index (χ1n) is 7.81. The highest BCUT2D eigenvalue weighted by Gasteiger charge is 2.15. The molecule has 4 heteroatoms. The highest BCUT2D eigenvalue weighted by Crippen LogP contribution is 2.28. The Kier molecular flexibility index (Phi) is 5.00. The molecule has 4 nitrogen and oxygen atoms in total. The van der Waals surface area contributed by atoms with E-state index < -0.39 is 0 Å². The summed E-state index contributed by atoms with van der Waals surface area (Å²) in [7, 11) is 3.10. The summed E-state index contributed by atoms with van der Waals surface area (Å²) in [6.45, 7) is 0. The standard InChI is InChI=1S/C21H18O4/c1-23-18-12-13-19(20(14-18)24-2)21(22)15-8-10-17(11-9-15)25-16-6-4-3-5-7-16/h3-14H,1-2H3. The van der Waals surface area contributed by atoms with Crippen LogP contribution < -0.4 is 14.2 Å². The molecule has 25 heavy (non-hydrogen) atoms. The fourth-order valence-electron chi connectivity index (χ4n) is 2.44. The Balaban J connectivity index is 1.81. The predicted molar refractivity (Wildman–Crippen MR) is 95.9 cm³/mol. The number of ketones is 1. The van der Waals surface area contributed by atoms with Gasteiger partial charge in [0.1, 0.15) is 23.0 Å². The molecule has 0 saturated carbocycles. The zero-order valence-corrected chi connectivity index (χ0v) is 14.1. The van der Waals surface area contributed by atoms with Gasteiger partial charge in [-0.2, -0.15) is 0 Å². The van der Waals surface area contributed by atoms with Crippen molar-refractivity contribution in [2.45, 2.75) is 0 Å². The largest absolute Gasteiger partial charge is 0.497 e. The van der Waals surface area contributed by atoms with Crippen LogP contribution in [0.25, 0.3) is 0 Å². The number of benzene rings is 3. The fourth-order valence-corrected chi connectivity index (χ4v) is 2.44. The average molecular weight is 334 g/mol. The Morgan fingerprint density at radius 1 is 0.720 bits per heavy atom. The van der Waals surface area contributed by atoms with Crippen LogP contribution >= 0.6 is 0 Å². The number of hydrogen-bond donors (Lipinski definition) is 0. The van der Waals surface area contributed by atoms with Gasteiger partial charge < -0.3 is 14.2 Å². The number of carbonyl (C=O) groups is 1. The van der Waals surface area contributed by atoms with Crippen LogP contribution in [0.1, 0.15) is 15.9 Å². The molecule has 0 saturated heterocycles. The molecule has 0 unspecified atom stereocenters. The maximum Gasteiger partial charge on any atom is 0.196 e. The van der Waals surface area contributed by atoms with Gasteiger partial charge in [-0.3, -0.25) is 4.79 Å². The molecule has 0 aliphatic heterocycles. The second-order valence-corrected chi connectivity index (χ2v) is 5.33.